The van der Waals surface area contributed by atoms with Crippen LogP contribution in [0, 0.1) is 12.8 Å². The number of benzene rings is 1. The molecule has 2 nitrogen and oxygen atoms in total. The van der Waals surface area contributed by atoms with Gasteiger partial charge in [-0.15, -0.1) is 0 Å². The molecule has 0 bridgehead atoms. The van der Waals surface area contributed by atoms with Gasteiger partial charge in [-0.1, -0.05) is 13.0 Å². The molecule has 1 aromatic carbocycles. The second-order valence-electron chi connectivity index (χ2n) is 4.99. The zero-order valence-corrected chi connectivity index (χ0v) is 10.4. The lowest BCUT2D eigenvalue weighted by Gasteiger charge is -2.19. The minimum absolute atomic E-state index is 0.737. The van der Waals surface area contributed by atoms with E-state index in [1.807, 2.05) is 0 Å². The molecule has 1 aromatic rings. The molecule has 0 saturated carbocycles. The van der Waals surface area contributed by atoms with Crippen molar-refractivity contribution in [2.75, 3.05) is 24.5 Å². The molecule has 88 valence electrons. The van der Waals surface area contributed by atoms with Crippen LogP contribution < -0.4 is 10.6 Å². The van der Waals surface area contributed by atoms with Crippen molar-refractivity contribution in [3.63, 3.8) is 0 Å². The highest BCUT2D eigenvalue weighted by Gasteiger charge is 2.18. The Kier molecular flexibility index (Phi) is 3.49. The first-order valence-electron chi connectivity index (χ1n) is 6.25. The maximum absolute atomic E-state index is 5.60. The van der Waals surface area contributed by atoms with Crippen LogP contribution in [0.3, 0.4) is 0 Å². The molecular weight excluding hydrogens is 196 g/mol. The quantitative estimate of drug-likeness (QED) is 0.843. The van der Waals surface area contributed by atoms with Crippen LogP contribution in [0.2, 0.25) is 0 Å². The smallest absolute Gasteiger partial charge is 0.0369 e. The lowest BCUT2D eigenvalue weighted by atomic mass is 10.0. The number of anilines is 1. The minimum Gasteiger partial charge on any atom is -0.371 e. The van der Waals surface area contributed by atoms with Gasteiger partial charge < -0.3 is 10.6 Å². The van der Waals surface area contributed by atoms with E-state index in [2.05, 4.69) is 36.9 Å². The van der Waals surface area contributed by atoms with Crippen LogP contribution in [0.15, 0.2) is 18.2 Å². The summed E-state index contributed by atoms with van der Waals surface area (Å²) in [5, 5.41) is 0. The van der Waals surface area contributed by atoms with E-state index in [1.54, 1.807) is 0 Å². The molecule has 1 fully saturated rings. The van der Waals surface area contributed by atoms with Crippen molar-refractivity contribution in [2.24, 2.45) is 11.7 Å². The Morgan fingerprint density at radius 3 is 2.81 bits per heavy atom. The average Bonchev–Trinajstić information content (AvgIpc) is 2.68. The molecule has 0 radical (unpaired) electrons. The summed E-state index contributed by atoms with van der Waals surface area (Å²) in [4.78, 5) is 2.49. The Balaban J connectivity index is 2.14. The van der Waals surface area contributed by atoms with Crippen LogP contribution in [0.4, 0.5) is 5.69 Å². The summed E-state index contributed by atoms with van der Waals surface area (Å²) >= 11 is 0. The van der Waals surface area contributed by atoms with Crippen molar-refractivity contribution in [1.82, 2.24) is 0 Å². The fourth-order valence-corrected chi connectivity index (χ4v) is 2.48. The molecule has 1 aliphatic heterocycles. The van der Waals surface area contributed by atoms with E-state index >= 15 is 0 Å². The number of hydrogen-bond acceptors (Lipinski definition) is 2. The highest BCUT2D eigenvalue weighted by molar-refractivity contribution is 5.51. The molecule has 2 rings (SSSR count). The molecule has 1 aliphatic rings. The lowest BCUT2D eigenvalue weighted by molar-refractivity contribution is 0.659. The van der Waals surface area contributed by atoms with Gasteiger partial charge in [0.1, 0.15) is 0 Å². The molecule has 1 atom stereocenters. The molecule has 2 heteroatoms. The Morgan fingerprint density at radius 1 is 1.44 bits per heavy atom. The number of hydrogen-bond donors (Lipinski definition) is 1. The van der Waals surface area contributed by atoms with Crippen molar-refractivity contribution >= 4 is 5.69 Å². The van der Waals surface area contributed by atoms with Gasteiger partial charge in [0.2, 0.25) is 0 Å². The maximum atomic E-state index is 5.60. The Labute approximate surface area is 98.4 Å². The van der Waals surface area contributed by atoms with E-state index in [0.717, 1.165) is 18.9 Å². The molecule has 0 amide bonds. The van der Waals surface area contributed by atoms with Crippen LogP contribution in [0.1, 0.15) is 24.5 Å². The van der Waals surface area contributed by atoms with Crippen molar-refractivity contribution in [3.05, 3.63) is 29.3 Å². The van der Waals surface area contributed by atoms with E-state index in [-0.39, 0.29) is 0 Å². The molecule has 2 N–H and O–H groups in total. The van der Waals surface area contributed by atoms with Gasteiger partial charge in [0.15, 0.2) is 0 Å². The summed E-state index contributed by atoms with van der Waals surface area (Å²) in [6, 6.07) is 6.79. The monoisotopic (exact) mass is 218 g/mol. The highest BCUT2D eigenvalue weighted by Crippen LogP contribution is 2.25. The number of nitrogens with two attached hydrogens (primary N) is 1. The fourth-order valence-electron chi connectivity index (χ4n) is 2.48. The second kappa shape index (κ2) is 4.88. The third-order valence-electron chi connectivity index (χ3n) is 3.53. The van der Waals surface area contributed by atoms with Crippen LogP contribution in [-0.2, 0) is 6.42 Å². The SMILES string of the molecule is Cc1cc(N2CCC(C)C2)ccc1CCN. The predicted octanol–water partition coefficient (Wildman–Crippen LogP) is 2.34. The zero-order chi connectivity index (χ0) is 11.5. The summed E-state index contributed by atoms with van der Waals surface area (Å²) in [5.74, 6) is 0.837. The van der Waals surface area contributed by atoms with Gasteiger partial charge in [0.05, 0.1) is 0 Å². The average molecular weight is 218 g/mol. The molecule has 1 heterocycles. The number of rotatable bonds is 3. The van der Waals surface area contributed by atoms with E-state index in [4.69, 9.17) is 5.73 Å². The van der Waals surface area contributed by atoms with Crippen molar-refractivity contribution in [2.45, 2.75) is 26.7 Å². The maximum Gasteiger partial charge on any atom is 0.0369 e. The van der Waals surface area contributed by atoms with Crippen molar-refractivity contribution < 1.29 is 0 Å². The van der Waals surface area contributed by atoms with Gasteiger partial charge in [-0.3, -0.25) is 0 Å². The number of nitrogens with zero attached hydrogens (tertiary/aromatic N) is 1. The first kappa shape index (κ1) is 11.5. The fraction of sp³-hybridized carbons (Fsp3) is 0.571. The lowest BCUT2D eigenvalue weighted by Crippen LogP contribution is -2.19. The zero-order valence-electron chi connectivity index (χ0n) is 10.4. The third kappa shape index (κ3) is 2.38. The largest absolute Gasteiger partial charge is 0.371 e. The Morgan fingerprint density at radius 2 is 2.25 bits per heavy atom. The highest BCUT2D eigenvalue weighted by atomic mass is 15.1. The summed E-state index contributed by atoms with van der Waals surface area (Å²) in [5.41, 5.74) is 9.74. The molecular formula is C14H22N2. The molecule has 1 unspecified atom stereocenters. The number of aryl methyl sites for hydroxylation is 1. The Bertz CT molecular complexity index is 360. The predicted molar refractivity (Wildman–Crippen MR) is 69.9 cm³/mol. The standard InChI is InChI=1S/C14H22N2/c1-11-6-8-16(10-11)14-4-3-13(5-7-15)12(2)9-14/h3-4,9,11H,5-8,10,15H2,1-2H3. The van der Waals surface area contributed by atoms with E-state index in [0.29, 0.717) is 0 Å². The van der Waals surface area contributed by atoms with Crippen LogP contribution >= 0.6 is 0 Å². The summed E-state index contributed by atoms with van der Waals surface area (Å²) in [6.45, 7) is 7.66. The molecule has 0 aliphatic carbocycles. The molecule has 16 heavy (non-hydrogen) atoms. The van der Waals surface area contributed by atoms with Gasteiger partial charge in [-0.25, -0.2) is 0 Å². The van der Waals surface area contributed by atoms with E-state index in [9.17, 15) is 0 Å². The molecule has 0 aromatic heterocycles. The minimum atomic E-state index is 0.737. The van der Waals surface area contributed by atoms with Crippen LogP contribution in [-0.4, -0.2) is 19.6 Å². The summed E-state index contributed by atoms with van der Waals surface area (Å²) in [6.07, 6.45) is 2.31. The second-order valence-corrected chi connectivity index (χ2v) is 4.99. The normalized spacial score (nSPS) is 20.4. The van der Waals surface area contributed by atoms with Gasteiger partial charge in [-0.2, -0.15) is 0 Å². The van der Waals surface area contributed by atoms with Crippen molar-refractivity contribution in [1.29, 1.82) is 0 Å². The topological polar surface area (TPSA) is 29.3 Å². The summed E-state index contributed by atoms with van der Waals surface area (Å²) < 4.78 is 0. The Hall–Kier alpha value is -1.02. The first-order valence-corrected chi connectivity index (χ1v) is 6.25. The van der Waals surface area contributed by atoms with Gasteiger partial charge in [0.25, 0.3) is 0 Å². The van der Waals surface area contributed by atoms with Gasteiger partial charge >= 0.3 is 0 Å². The van der Waals surface area contributed by atoms with Gasteiger partial charge in [0, 0.05) is 18.8 Å². The van der Waals surface area contributed by atoms with Crippen LogP contribution in [0.5, 0.6) is 0 Å². The molecule has 0 spiro atoms. The van der Waals surface area contributed by atoms with Crippen LogP contribution in [0.25, 0.3) is 0 Å². The van der Waals surface area contributed by atoms with E-state index in [1.165, 1.54) is 36.3 Å². The van der Waals surface area contributed by atoms with Crippen molar-refractivity contribution in [3.8, 4) is 0 Å². The molecule has 1 saturated heterocycles. The first-order chi connectivity index (χ1) is 7.70. The summed E-state index contributed by atoms with van der Waals surface area (Å²) in [7, 11) is 0. The third-order valence-corrected chi connectivity index (χ3v) is 3.53. The van der Waals surface area contributed by atoms with E-state index < -0.39 is 0 Å². The van der Waals surface area contributed by atoms with Gasteiger partial charge in [-0.05, 0) is 55.5 Å².